The lowest BCUT2D eigenvalue weighted by Gasteiger charge is -2.12. The summed E-state index contributed by atoms with van der Waals surface area (Å²) in [7, 11) is -2.42. The molecule has 0 unspecified atom stereocenters. The van der Waals surface area contributed by atoms with Crippen molar-refractivity contribution in [3.63, 3.8) is 0 Å². The molecule has 0 radical (unpaired) electrons. The van der Waals surface area contributed by atoms with Crippen LogP contribution in [0.3, 0.4) is 0 Å². The smallest absolute Gasteiger partial charge is 0.266 e. The molecule has 1 heterocycles. The van der Waals surface area contributed by atoms with Gasteiger partial charge in [0.2, 0.25) is 0 Å². The van der Waals surface area contributed by atoms with Gasteiger partial charge in [-0.25, -0.2) is 13.1 Å². The Morgan fingerprint density at radius 3 is 2.48 bits per heavy atom. The van der Waals surface area contributed by atoms with E-state index in [9.17, 15) is 8.42 Å². The van der Waals surface area contributed by atoms with E-state index in [2.05, 4.69) is 9.82 Å². The Balaban J connectivity index is 2.02. The lowest BCUT2D eigenvalue weighted by Crippen LogP contribution is -2.16. The first-order valence-corrected chi connectivity index (χ1v) is 9.25. The Hall–Kier alpha value is -2.51. The molecular formula is C17H16ClN3O3S. The maximum atomic E-state index is 12.8. The molecule has 0 saturated heterocycles. The number of nitrogens with one attached hydrogen (secondary N) is 1. The molecule has 2 aromatic carbocycles. The van der Waals surface area contributed by atoms with Gasteiger partial charge >= 0.3 is 0 Å². The van der Waals surface area contributed by atoms with E-state index in [-0.39, 0.29) is 10.6 Å². The molecule has 3 rings (SSSR count). The second-order valence-electron chi connectivity index (χ2n) is 5.32. The predicted molar refractivity (Wildman–Crippen MR) is 97.1 cm³/mol. The average molecular weight is 378 g/mol. The summed E-state index contributed by atoms with van der Waals surface area (Å²) in [5.74, 6) is 0.593. The van der Waals surface area contributed by atoms with Gasteiger partial charge < -0.3 is 4.74 Å². The third-order valence-corrected chi connectivity index (χ3v) is 5.15. The van der Waals surface area contributed by atoms with Crippen LogP contribution in [-0.2, 0) is 10.0 Å². The summed E-state index contributed by atoms with van der Waals surface area (Å²) in [5, 5.41) is 4.93. The van der Waals surface area contributed by atoms with Gasteiger partial charge in [0.1, 0.15) is 16.5 Å². The van der Waals surface area contributed by atoms with Crippen molar-refractivity contribution < 1.29 is 13.2 Å². The van der Waals surface area contributed by atoms with Crippen molar-refractivity contribution in [3.05, 3.63) is 65.3 Å². The molecule has 0 saturated carbocycles. The molecule has 6 nitrogen and oxygen atoms in total. The minimum absolute atomic E-state index is 0.0546. The third-order valence-electron chi connectivity index (χ3n) is 3.50. The molecule has 0 aliphatic rings. The number of anilines is 1. The summed E-state index contributed by atoms with van der Waals surface area (Å²) in [4.78, 5) is 0.0546. The lowest BCUT2D eigenvalue weighted by atomic mass is 10.3. The number of aromatic nitrogens is 2. The molecule has 0 spiro atoms. The number of hydrogen-bond acceptors (Lipinski definition) is 4. The van der Waals surface area contributed by atoms with Crippen molar-refractivity contribution in [2.45, 2.75) is 11.8 Å². The minimum atomic E-state index is -3.84. The van der Waals surface area contributed by atoms with Crippen LogP contribution >= 0.6 is 11.6 Å². The maximum Gasteiger partial charge on any atom is 0.266 e. The van der Waals surface area contributed by atoms with E-state index in [1.807, 2.05) is 0 Å². The number of para-hydroxylation sites is 1. The molecule has 130 valence electrons. The first-order chi connectivity index (χ1) is 11.9. The summed E-state index contributed by atoms with van der Waals surface area (Å²) >= 11 is 5.91. The summed E-state index contributed by atoms with van der Waals surface area (Å²) < 4.78 is 34.8. The van der Waals surface area contributed by atoms with Gasteiger partial charge in [0, 0.05) is 11.1 Å². The normalized spacial score (nSPS) is 11.3. The second kappa shape index (κ2) is 6.78. The Kier molecular flexibility index (Phi) is 4.69. The number of ether oxygens (including phenoxy) is 1. The van der Waals surface area contributed by atoms with Gasteiger partial charge in [-0.05, 0) is 43.3 Å². The molecule has 8 heteroatoms. The average Bonchev–Trinajstić information content (AvgIpc) is 2.95. The van der Waals surface area contributed by atoms with E-state index in [0.29, 0.717) is 22.2 Å². The Bertz CT molecular complexity index is 998. The van der Waals surface area contributed by atoms with Crippen LogP contribution in [0.2, 0.25) is 5.02 Å². The summed E-state index contributed by atoms with van der Waals surface area (Å²) in [6.45, 7) is 1.79. The molecule has 1 N–H and O–H groups in total. The largest absolute Gasteiger partial charge is 0.495 e. The first kappa shape index (κ1) is 17.3. The molecular weight excluding hydrogens is 362 g/mol. The highest BCUT2D eigenvalue weighted by Gasteiger charge is 2.21. The van der Waals surface area contributed by atoms with E-state index >= 15 is 0 Å². The van der Waals surface area contributed by atoms with Gasteiger partial charge in [0.25, 0.3) is 10.0 Å². The molecule has 0 atom stereocenters. The van der Waals surface area contributed by atoms with Crippen molar-refractivity contribution in [2.24, 2.45) is 0 Å². The lowest BCUT2D eigenvalue weighted by molar-refractivity contribution is 0.403. The highest BCUT2D eigenvalue weighted by molar-refractivity contribution is 7.92. The molecule has 0 aliphatic heterocycles. The van der Waals surface area contributed by atoms with E-state index in [1.165, 1.54) is 17.9 Å². The first-order valence-electron chi connectivity index (χ1n) is 7.39. The highest BCUT2D eigenvalue weighted by atomic mass is 35.5. The number of benzene rings is 2. The quantitative estimate of drug-likeness (QED) is 0.736. The number of methoxy groups -OCH3 is 1. The molecule has 0 bridgehead atoms. The number of hydrogen-bond donors (Lipinski definition) is 1. The van der Waals surface area contributed by atoms with Crippen LogP contribution < -0.4 is 9.46 Å². The topological polar surface area (TPSA) is 73.2 Å². The van der Waals surface area contributed by atoms with Gasteiger partial charge in [0.15, 0.2) is 0 Å². The number of sulfonamides is 1. The highest BCUT2D eigenvalue weighted by Crippen LogP contribution is 2.27. The zero-order chi connectivity index (χ0) is 18.0. The number of nitrogens with zero attached hydrogens (tertiary/aromatic N) is 2. The van der Waals surface area contributed by atoms with Crippen molar-refractivity contribution in [1.82, 2.24) is 9.78 Å². The summed E-state index contributed by atoms with van der Waals surface area (Å²) in [5.41, 5.74) is 1.36. The zero-order valence-corrected chi connectivity index (χ0v) is 15.2. The molecule has 0 aliphatic carbocycles. The fourth-order valence-corrected chi connectivity index (χ4v) is 3.72. The standard InChI is InChI=1S/C17H16ClN3O3S/c1-12-11-17(21(19-12)14-9-7-13(18)8-10-14)20-25(22,23)16-6-4-3-5-15(16)24-2/h3-11,20H,1-2H3. The van der Waals surface area contributed by atoms with Gasteiger partial charge in [-0.15, -0.1) is 0 Å². The molecule has 0 amide bonds. The van der Waals surface area contributed by atoms with Gasteiger partial charge in [-0.2, -0.15) is 5.10 Å². The third kappa shape index (κ3) is 3.62. The Labute approximate surface area is 151 Å². The van der Waals surface area contributed by atoms with Crippen molar-refractivity contribution in [2.75, 3.05) is 11.8 Å². The van der Waals surface area contributed by atoms with Crippen molar-refractivity contribution in [3.8, 4) is 11.4 Å². The number of rotatable bonds is 5. The Morgan fingerprint density at radius 2 is 1.80 bits per heavy atom. The fourth-order valence-electron chi connectivity index (χ4n) is 2.38. The minimum Gasteiger partial charge on any atom is -0.495 e. The van der Waals surface area contributed by atoms with Crippen LogP contribution in [-0.4, -0.2) is 25.3 Å². The monoisotopic (exact) mass is 377 g/mol. The van der Waals surface area contributed by atoms with E-state index in [4.69, 9.17) is 16.3 Å². The number of halogens is 1. The summed E-state index contributed by atoms with van der Waals surface area (Å²) in [6, 6.07) is 15.0. The molecule has 0 fully saturated rings. The second-order valence-corrected chi connectivity index (χ2v) is 7.40. The van der Waals surface area contributed by atoms with Crippen LogP contribution in [0.5, 0.6) is 5.75 Å². The van der Waals surface area contributed by atoms with Gasteiger partial charge in [-0.1, -0.05) is 23.7 Å². The van der Waals surface area contributed by atoms with Crippen molar-refractivity contribution in [1.29, 1.82) is 0 Å². The molecule has 1 aromatic heterocycles. The van der Waals surface area contributed by atoms with E-state index < -0.39 is 10.0 Å². The molecule has 25 heavy (non-hydrogen) atoms. The van der Waals surface area contributed by atoms with E-state index in [1.54, 1.807) is 55.5 Å². The fraction of sp³-hybridized carbons (Fsp3) is 0.118. The van der Waals surface area contributed by atoms with Gasteiger partial charge in [-0.3, -0.25) is 4.72 Å². The van der Waals surface area contributed by atoms with Crippen LogP contribution in [0.1, 0.15) is 5.69 Å². The van der Waals surface area contributed by atoms with Crippen LogP contribution in [0.15, 0.2) is 59.5 Å². The maximum absolute atomic E-state index is 12.8. The van der Waals surface area contributed by atoms with Crippen LogP contribution in [0, 0.1) is 6.92 Å². The van der Waals surface area contributed by atoms with Crippen LogP contribution in [0.25, 0.3) is 5.69 Å². The molecule has 3 aromatic rings. The summed E-state index contributed by atoms with van der Waals surface area (Å²) in [6.07, 6.45) is 0. The SMILES string of the molecule is COc1ccccc1S(=O)(=O)Nc1cc(C)nn1-c1ccc(Cl)cc1. The Morgan fingerprint density at radius 1 is 1.12 bits per heavy atom. The number of aryl methyl sites for hydroxylation is 1. The van der Waals surface area contributed by atoms with Crippen molar-refractivity contribution >= 4 is 27.4 Å². The predicted octanol–water partition coefficient (Wildman–Crippen LogP) is 3.64. The zero-order valence-electron chi connectivity index (χ0n) is 13.6. The van der Waals surface area contributed by atoms with Crippen LogP contribution in [0.4, 0.5) is 5.82 Å². The van der Waals surface area contributed by atoms with Gasteiger partial charge in [0.05, 0.1) is 18.5 Å². The van der Waals surface area contributed by atoms with E-state index in [0.717, 1.165) is 0 Å².